The lowest BCUT2D eigenvalue weighted by molar-refractivity contribution is 0.187. The minimum Gasteiger partial charge on any atom is -0.462 e. The Kier molecular flexibility index (Phi) is 6.37. The highest BCUT2D eigenvalue weighted by molar-refractivity contribution is 7.85. The third-order valence-electron chi connectivity index (χ3n) is 6.70. The van der Waals surface area contributed by atoms with Crippen molar-refractivity contribution in [2.24, 2.45) is 0 Å². The molecule has 1 aromatic heterocycles. The molecule has 1 N–H and O–H groups in total. The second kappa shape index (κ2) is 9.30. The van der Waals surface area contributed by atoms with Crippen LogP contribution in [0.15, 0.2) is 36.4 Å². The van der Waals surface area contributed by atoms with Crippen molar-refractivity contribution in [1.82, 2.24) is 14.9 Å². The Morgan fingerprint density at radius 3 is 2.71 bits per heavy atom. The summed E-state index contributed by atoms with van der Waals surface area (Å²) in [5.41, 5.74) is 2.76. The van der Waals surface area contributed by atoms with E-state index in [4.69, 9.17) is 16.3 Å². The van der Waals surface area contributed by atoms with Gasteiger partial charge < -0.3 is 14.5 Å². The van der Waals surface area contributed by atoms with Gasteiger partial charge in [-0.2, -0.15) is 18.4 Å². The molecular formula is C24H27ClN4O4S. The van der Waals surface area contributed by atoms with Crippen molar-refractivity contribution in [3.63, 3.8) is 0 Å². The molecule has 10 heteroatoms. The van der Waals surface area contributed by atoms with E-state index >= 15 is 0 Å². The Hall–Kier alpha value is -2.46. The maximum absolute atomic E-state index is 11.7. The average molecular weight is 503 g/mol. The molecule has 0 unspecified atom stereocenters. The van der Waals surface area contributed by atoms with Crippen LogP contribution in [0, 0.1) is 0 Å². The van der Waals surface area contributed by atoms with Gasteiger partial charge in [-0.05, 0) is 50.4 Å². The summed E-state index contributed by atoms with van der Waals surface area (Å²) in [5.74, 6) is -0.558. The lowest BCUT2D eigenvalue weighted by atomic mass is 10.0. The van der Waals surface area contributed by atoms with Gasteiger partial charge in [0.05, 0.1) is 23.0 Å². The van der Waals surface area contributed by atoms with Gasteiger partial charge in [-0.3, -0.25) is 4.55 Å². The van der Waals surface area contributed by atoms with Crippen LogP contribution in [0.25, 0.3) is 10.8 Å². The summed E-state index contributed by atoms with van der Waals surface area (Å²) in [4.78, 5) is 13.5. The van der Waals surface area contributed by atoms with Crippen molar-refractivity contribution in [2.75, 3.05) is 31.6 Å². The first-order valence-electron chi connectivity index (χ1n) is 11.4. The molecule has 0 aliphatic carbocycles. The maximum Gasteiger partial charge on any atom is 0.316 e. The normalized spacial score (nSPS) is 18.9. The van der Waals surface area contributed by atoms with Gasteiger partial charge in [-0.25, -0.2) is 0 Å². The number of aromatic nitrogens is 2. The van der Waals surface area contributed by atoms with Crippen molar-refractivity contribution in [3.8, 4) is 6.01 Å². The Bertz CT molecular complexity index is 1330. The highest BCUT2D eigenvalue weighted by Crippen LogP contribution is 2.35. The largest absolute Gasteiger partial charge is 0.462 e. The molecule has 3 aromatic rings. The lowest BCUT2D eigenvalue weighted by Gasteiger charge is -2.32. The van der Waals surface area contributed by atoms with Gasteiger partial charge in [0, 0.05) is 29.2 Å². The van der Waals surface area contributed by atoms with E-state index in [1.54, 1.807) is 0 Å². The fourth-order valence-corrected chi connectivity index (χ4v) is 5.81. The van der Waals surface area contributed by atoms with E-state index in [2.05, 4.69) is 26.8 Å². The first-order chi connectivity index (χ1) is 16.3. The highest BCUT2D eigenvalue weighted by atomic mass is 35.5. The van der Waals surface area contributed by atoms with Crippen LogP contribution in [0.3, 0.4) is 0 Å². The van der Waals surface area contributed by atoms with Crippen LogP contribution in [-0.4, -0.2) is 60.6 Å². The molecule has 2 aliphatic heterocycles. The molecule has 3 heterocycles. The standard InChI is InChI=1S/C24H27ClN4O4S/c1-28-11-4-7-17(28)14-33-24-26-20-13-29(12-10-18(20)21(27-24)15-34(30,31)32)22-9-3-6-16-5-2-8-19(25)23(16)22/h2-3,5-6,8-9,17H,4,7,10-15H2,1H3,(H,30,31,32)/t17-/m0/s1. The second-order valence-electron chi connectivity index (χ2n) is 8.98. The average Bonchev–Trinajstić information content (AvgIpc) is 3.21. The first-order valence-corrected chi connectivity index (χ1v) is 13.4. The molecule has 1 saturated heterocycles. The highest BCUT2D eigenvalue weighted by Gasteiger charge is 2.27. The number of likely N-dealkylation sites (tertiary alicyclic amines) is 1. The zero-order valence-corrected chi connectivity index (χ0v) is 20.5. The summed E-state index contributed by atoms with van der Waals surface area (Å²) in [5, 5.41) is 2.71. The monoisotopic (exact) mass is 502 g/mol. The van der Waals surface area contributed by atoms with Gasteiger partial charge in [-0.1, -0.05) is 35.9 Å². The Balaban J connectivity index is 1.48. The van der Waals surface area contributed by atoms with Gasteiger partial charge in [0.2, 0.25) is 0 Å². The molecule has 1 fully saturated rings. The number of hydrogen-bond donors (Lipinski definition) is 1. The molecule has 5 rings (SSSR count). The third kappa shape index (κ3) is 4.84. The van der Waals surface area contributed by atoms with E-state index in [1.807, 2.05) is 36.4 Å². The molecule has 0 saturated carbocycles. The molecule has 0 bridgehead atoms. The number of hydrogen-bond acceptors (Lipinski definition) is 7. The van der Waals surface area contributed by atoms with Crippen LogP contribution >= 0.6 is 11.6 Å². The minimum absolute atomic E-state index is 0.149. The number of anilines is 1. The number of benzene rings is 2. The predicted octanol–water partition coefficient (Wildman–Crippen LogP) is 3.71. The van der Waals surface area contributed by atoms with Crippen LogP contribution in [0.2, 0.25) is 5.02 Å². The Morgan fingerprint density at radius 2 is 1.97 bits per heavy atom. The Labute approximate surface area is 204 Å². The van der Waals surface area contributed by atoms with Crippen molar-refractivity contribution in [2.45, 2.75) is 37.6 Å². The van der Waals surface area contributed by atoms with Crippen LogP contribution in [-0.2, 0) is 28.8 Å². The quantitative estimate of drug-likeness (QED) is 0.510. The molecule has 34 heavy (non-hydrogen) atoms. The van der Waals surface area contributed by atoms with Crippen LogP contribution in [0.5, 0.6) is 6.01 Å². The molecule has 0 radical (unpaired) electrons. The molecule has 0 spiro atoms. The van der Waals surface area contributed by atoms with E-state index in [-0.39, 0.29) is 12.1 Å². The Morgan fingerprint density at radius 1 is 1.18 bits per heavy atom. The van der Waals surface area contributed by atoms with Crippen molar-refractivity contribution in [1.29, 1.82) is 0 Å². The van der Waals surface area contributed by atoms with Crippen molar-refractivity contribution in [3.05, 3.63) is 58.4 Å². The summed E-state index contributed by atoms with van der Waals surface area (Å²) in [7, 11) is -2.19. The number of rotatable bonds is 6. The van der Waals surface area contributed by atoms with E-state index in [0.717, 1.165) is 41.4 Å². The zero-order chi connectivity index (χ0) is 23.9. The summed E-state index contributed by atoms with van der Waals surface area (Å²) in [6, 6.07) is 12.3. The number of fused-ring (bicyclic) bond motifs is 2. The van der Waals surface area contributed by atoms with E-state index in [1.165, 1.54) is 0 Å². The molecule has 1 atom stereocenters. The van der Waals surface area contributed by atoms with E-state index in [9.17, 15) is 13.0 Å². The third-order valence-corrected chi connectivity index (χ3v) is 7.65. The molecule has 8 nitrogen and oxygen atoms in total. The second-order valence-corrected chi connectivity index (χ2v) is 10.8. The van der Waals surface area contributed by atoms with Crippen LogP contribution in [0.4, 0.5) is 5.69 Å². The van der Waals surface area contributed by atoms with Crippen LogP contribution < -0.4 is 9.64 Å². The van der Waals surface area contributed by atoms with E-state index < -0.39 is 15.9 Å². The van der Waals surface area contributed by atoms with E-state index in [0.29, 0.717) is 42.5 Å². The fraction of sp³-hybridized carbons (Fsp3) is 0.417. The predicted molar refractivity (Wildman–Crippen MR) is 132 cm³/mol. The first kappa shape index (κ1) is 23.3. The topological polar surface area (TPSA) is 95.9 Å². The van der Waals surface area contributed by atoms with Crippen LogP contribution in [0.1, 0.15) is 29.8 Å². The summed E-state index contributed by atoms with van der Waals surface area (Å²) >= 11 is 6.55. The number of halogens is 1. The SMILES string of the molecule is CN1CCC[C@H]1COc1nc2c(c(CS(=O)(=O)O)n1)CCN(c1cccc3cccc(Cl)c13)C2. The van der Waals surface area contributed by atoms with Crippen molar-refractivity contribution < 1.29 is 17.7 Å². The molecule has 0 amide bonds. The van der Waals surface area contributed by atoms with Crippen molar-refractivity contribution >= 4 is 38.2 Å². The lowest BCUT2D eigenvalue weighted by Crippen LogP contribution is -2.33. The number of likely N-dealkylation sites (N-methyl/N-ethyl adjacent to an activating group) is 1. The van der Waals surface area contributed by atoms with Gasteiger partial charge in [0.15, 0.2) is 0 Å². The fourth-order valence-electron chi connectivity index (χ4n) is 4.95. The molecule has 2 aliphatic rings. The number of nitrogens with zero attached hydrogens (tertiary/aromatic N) is 4. The smallest absolute Gasteiger partial charge is 0.316 e. The molecule has 180 valence electrons. The summed E-state index contributed by atoms with van der Waals surface area (Å²) in [6.07, 6.45) is 2.70. The van der Waals surface area contributed by atoms with Gasteiger partial charge in [-0.15, -0.1) is 0 Å². The van der Waals surface area contributed by atoms with Gasteiger partial charge >= 0.3 is 6.01 Å². The number of ether oxygens (including phenoxy) is 1. The van der Waals surface area contributed by atoms with Gasteiger partial charge in [0.1, 0.15) is 12.4 Å². The van der Waals surface area contributed by atoms with Gasteiger partial charge in [0.25, 0.3) is 10.1 Å². The maximum atomic E-state index is 11.7. The minimum atomic E-state index is -4.25. The zero-order valence-electron chi connectivity index (χ0n) is 18.9. The summed E-state index contributed by atoms with van der Waals surface area (Å²) in [6.45, 7) is 2.56. The molecular weight excluding hydrogens is 476 g/mol. The summed E-state index contributed by atoms with van der Waals surface area (Å²) < 4.78 is 38.9. The molecule has 2 aromatic carbocycles.